The van der Waals surface area contributed by atoms with Gasteiger partial charge in [-0.05, 0) is 33.6 Å². The number of allylic oxidation sites excluding steroid dienone is 2. The summed E-state index contributed by atoms with van der Waals surface area (Å²) < 4.78 is 10.2. The average Bonchev–Trinajstić information content (AvgIpc) is 2.38. The summed E-state index contributed by atoms with van der Waals surface area (Å²) in [4.78, 5) is 35.3. The zero-order valence-corrected chi connectivity index (χ0v) is 13.5. The largest absolute Gasteiger partial charge is 0.464 e. The Kier molecular flexibility index (Phi) is 7.08. The van der Waals surface area contributed by atoms with Crippen molar-refractivity contribution in [3.63, 3.8) is 0 Å². The Bertz CT molecular complexity index is 436. The first-order valence-corrected chi connectivity index (χ1v) is 7.58. The molecule has 22 heavy (non-hydrogen) atoms. The Labute approximate surface area is 131 Å². The number of nitrogens with one attached hydrogen (secondary N) is 1. The first-order valence-electron chi connectivity index (χ1n) is 7.58. The van der Waals surface area contributed by atoms with E-state index in [1.54, 1.807) is 20.8 Å². The fourth-order valence-corrected chi connectivity index (χ4v) is 2.00. The van der Waals surface area contributed by atoms with E-state index in [2.05, 4.69) is 5.32 Å². The maximum Gasteiger partial charge on any atom is 0.307 e. The summed E-state index contributed by atoms with van der Waals surface area (Å²) >= 11 is 0. The van der Waals surface area contributed by atoms with Gasteiger partial charge < -0.3 is 14.8 Å². The van der Waals surface area contributed by atoms with Crippen molar-refractivity contribution in [2.24, 2.45) is 5.92 Å². The third-order valence-corrected chi connectivity index (χ3v) is 2.97. The van der Waals surface area contributed by atoms with Crippen molar-refractivity contribution in [1.82, 2.24) is 5.32 Å². The molecule has 1 heterocycles. The highest BCUT2D eigenvalue weighted by molar-refractivity contribution is 5.84. The maximum absolute atomic E-state index is 12.1. The minimum absolute atomic E-state index is 0.0350. The van der Waals surface area contributed by atoms with Crippen LogP contribution in [0.2, 0.25) is 0 Å². The maximum atomic E-state index is 12.1. The molecule has 124 valence electrons. The monoisotopic (exact) mass is 311 g/mol. The molecule has 0 aromatic rings. The number of esters is 2. The molecule has 1 N–H and O–H groups in total. The molecule has 0 aromatic carbocycles. The van der Waals surface area contributed by atoms with Gasteiger partial charge in [-0.1, -0.05) is 12.2 Å². The Balaban J connectivity index is 2.64. The normalized spacial score (nSPS) is 22.6. The van der Waals surface area contributed by atoms with Crippen LogP contribution in [0.5, 0.6) is 0 Å². The number of rotatable bonds is 2. The molecule has 0 fully saturated rings. The second-order valence-electron chi connectivity index (χ2n) is 6.24. The lowest BCUT2D eigenvalue weighted by molar-refractivity contribution is -0.157. The van der Waals surface area contributed by atoms with Gasteiger partial charge in [0, 0.05) is 6.42 Å². The number of ether oxygens (including phenoxy) is 2. The van der Waals surface area contributed by atoms with E-state index < -0.39 is 11.5 Å². The van der Waals surface area contributed by atoms with Crippen LogP contribution in [0.15, 0.2) is 12.2 Å². The average molecular weight is 311 g/mol. The van der Waals surface area contributed by atoms with Crippen LogP contribution in [0, 0.1) is 5.92 Å². The third kappa shape index (κ3) is 7.81. The third-order valence-electron chi connectivity index (χ3n) is 2.97. The molecule has 0 saturated heterocycles. The smallest absolute Gasteiger partial charge is 0.307 e. The summed E-state index contributed by atoms with van der Waals surface area (Å²) in [6, 6.07) is 0. The van der Waals surface area contributed by atoms with Crippen molar-refractivity contribution in [3.05, 3.63) is 12.2 Å². The molecule has 1 amide bonds. The lowest BCUT2D eigenvalue weighted by Gasteiger charge is -2.21. The Morgan fingerprint density at radius 3 is 2.77 bits per heavy atom. The summed E-state index contributed by atoms with van der Waals surface area (Å²) in [7, 11) is 0. The molecule has 1 aliphatic heterocycles. The van der Waals surface area contributed by atoms with Crippen molar-refractivity contribution in [2.75, 3.05) is 13.2 Å². The molecular formula is C16H25NO5. The minimum Gasteiger partial charge on any atom is -0.464 e. The van der Waals surface area contributed by atoms with Gasteiger partial charge in [0.2, 0.25) is 5.91 Å². The fraction of sp³-hybridized carbons (Fsp3) is 0.688. The number of hydrogen-bond acceptors (Lipinski definition) is 5. The van der Waals surface area contributed by atoms with Gasteiger partial charge in [0.1, 0.15) is 12.2 Å². The van der Waals surface area contributed by atoms with Crippen LogP contribution in [0.1, 0.15) is 46.5 Å². The summed E-state index contributed by atoms with van der Waals surface area (Å²) in [5.41, 5.74) is -0.566. The molecule has 0 aromatic heterocycles. The highest BCUT2D eigenvalue weighted by Crippen LogP contribution is 2.16. The summed E-state index contributed by atoms with van der Waals surface area (Å²) in [6.45, 7) is 5.77. The van der Waals surface area contributed by atoms with E-state index in [0.29, 0.717) is 19.3 Å². The molecule has 6 nitrogen and oxygen atoms in total. The van der Waals surface area contributed by atoms with Gasteiger partial charge in [-0.3, -0.25) is 14.4 Å². The summed E-state index contributed by atoms with van der Waals surface area (Å²) in [5.74, 6) is -1.36. The predicted octanol–water partition coefficient (Wildman–Crippen LogP) is 1.73. The van der Waals surface area contributed by atoms with Gasteiger partial charge in [-0.25, -0.2) is 0 Å². The predicted molar refractivity (Wildman–Crippen MR) is 80.9 cm³/mol. The van der Waals surface area contributed by atoms with E-state index in [9.17, 15) is 14.4 Å². The van der Waals surface area contributed by atoms with Crippen molar-refractivity contribution in [2.45, 2.75) is 52.1 Å². The van der Waals surface area contributed by atoms with Gasteiger partial charge >= 0.3 is 11.9 Å². The van der Waals surface area contributed by atoms with E-state index in [0.717, 1.165) is 0 Å². The lowest BCUT2D eigenvalue weighted by atomic mass is 9.99. The molecule has 1 aliphatic rings. The fourth-order valence-electron chi connectivity index (χ4n) is 2.00. The second-order valence-corrected chi connectivity index (χ2v) is 6.24. The van der Waals surface area contributed by atoms with E-state index in [4.69, 9.17) is 9.47 Å². The van der Waals surface area contributed by atoms with Crippen LogP contribution in [-0.4, -0.2) is 36.6 Å². The first kappa shape index (κ1) is 18.2. The van der Waals surface area contributed by atoms with Crippen molar-refractivity contribution in [3.8, 4) is 0 Å². The van der Waals surface area contributed by atoms with E-state index in [-0.39, 0.29) is 37.4 Å². The number of carbonyl (C=O) groups is 3. The summed E-state index contributed by atoms with van der Waals surface area (Å²) in [6.07, 6.45) is 5.02. The van der Waals surface area contributed by atoms with Gasteiger partial charge in [-0.15, -0.1) is 0 Å². The second kappa shape index (κ2) is 8.56. The van der Waals surface area contributed by atoms with Crippen LogP contribution in [-0.2, 0) is 23.9 Å². The van der Waals surface area contributed by atoms with Crippen molar-refractivity contribution < 1.29 is 23.9 Å². The van der Waals surface area contributed by atoms with Crippen molar-refractivity contribution >= 4 is 17.8 Å². The highest BCUT2D eigenvalue weighted by atomic mass is 16.6. The Morgan fingerprint density at radius 1 is 1.36 bits per heavy atom. The van der Waals surface area contributed by atoms with E-state index in [1.807, 2.05) is 12.2 Å². The van der Waals surface area contributed by atoms with Gasteiger partial charge in [0.15, 0.2) is 0 Å². The molecule has 0 bridgehead atoms. The molecule has 0 saturated carbocycles. The number of carbonyl (C=O) groups excluding carboxylic acids is 3. The van der Waals surface area contributed by atoms with Crippen LogP contribution >= 0.6 is 0 Å². The van der Waals surface area contributed by atoms with Crippen LogP contribution in [0.3, 0.4) is 0 Å². The number of amides is 1. The molecule has 6 heteroatoms. The van der Waals surface area contributed by atoms with Crippen molar-refractivity contribution in [1.29, 1.82) is 0 Å². The lowest BCUT2D eigenvalue weighted by Crippen LogP contribution is -2.35. The quantitative estimate of drug-likeness (QED) is 0.620. The van der Waals surface area contributed by atoms with E-state index in [1.165, 1.54) is 0 Å². The molecule has 0 aliphatic carbocycles. The van der Waals surface area contributed by atoms with Gasteiger partial charge in [0.05, 0.1) is 18.9 Å². The van der Waals surface area contributed by atoms with Crippen LogP contribution < -0.4 is 5.32 Å². The Hall–Kier alpha value is -1.85. The SMILES string of the molecule is CC(C)(C)OC(=O)CC1C/C=C\CCC(=O)OCCNC1=O. The molecule has 1 unspecified atom stereocenters. The molecule has 1 atom stereocenters. The van der Waals surface area contributed by atoms with Crippen LogP contribution in [0.4, 0.5) is 0 Å². The number of cyclic esters (lactones) is 1. The van der Waals surface area contributed by atoms with Crippen LogP contribution in [0.25, 0.3) is 0 Å². The zero-order chi connectivity index (χ0) is 16.6. The summed E-state index contributed by atoms with van der Waals surface area (Å²) in [5, 5.41) is 2.68. The minimum atomic E-state index is -0.566. The number of hydrogen-bond donors (Lipinski definition) is 1. The first-order chi connectivity index (χ1) is 10.3. The highest BCUT2D eigenvalue weighted by Gasteiger charge is 2.24. The molecular weight excluding hydrogens is 286 g/mol. The van der Waals surface area contributed by atoms with Gasteiger partial charge in [0.25, 0.3) is 0 Å². The van der Waals surface area contributed by atoms with Gasteiger partial charge in [-0.2, -0.15) is 0 Å². The topological polar surface area (TPSA) is 81.7 Å². The Morgan fingerprint density at radius 2 is 2.09 bits per heavy atom. The molecule has 0 spiro atoms. The van der Waals surface area contributed by atoms with E-state index >= 15 is 0 Å². The zero-order valence-electron chi connectivity index (χ0n) is 13.5. The molecule has 1 rings (SSSR count). The standard InChI is InChI=1S/C16H25NO5/c1-16(2,3)22-14(19)11-12-7-5-4-6-8-13(18)21-10-9-17-15(12)20/h4-5,12H,6-11H2,1-3H3,(H,17,20)/b5-4-. The molecule has 0 radical (unpaired) electrons.